The molecule has 0 saturated heterocycles. The Morgan fingerprint density at radius 1 is 1.25 bits per heavy atom. The first-order chi connectivity index (χ1) is 9.47. The van der Waals surface area contributed by atoms with Crippen LogP contribution in [0.2, 0.25) is 0 Å². The number of nitrogens with zero attached hydrogens (tertiary/aromatic N) is 1. The summed E-state index contributed by atoms with van der Waals surface area (Å²) in [7, 11) is 0. The standard InChI is InChI=1S/C15H15FN2O2/c1-10-6-7-14(15(8-10)18(19)20)17-11(2)12-4-3-5-13(16)9-12/h3-9,11,17H,1-2H3. The van der Waals surface area contributed by atoms with Gasteiger partial charge < -0.3 is 5.32 Å². The molecule has 0 spiro atoms. The van der Waals surface area contributed by atoms with E-state index < -0.39 is 4.92 Å². The molecule has 0 radical (unpaired) electrons. The van der Waals surface area contributed by atoms with Crippen molar-refractivity contribution < 1.29 is 9.31 Å². The first-order valence-electron chi connectivity index (χ1n) is 6.24. The fraction of sp³-hybridized carbons (Fsp3) is 0.200. The lowest BCUT2D eigenvalue weighted by Crippen LogP contribution is -2.08. The Morgan fingerprint density at radius 3 is 2.65 bits per heavy atom. The molecule has 0 amide bonds. The van der Waals surface area contributed by atoms with Gasteiger partial charge in [-0.05, 0) is 43.2 Å². The van der Waals surface area contributed by atoms with E-state index in [0.717, 1.165) is 11.1 Å². The van der Waals surface area contributed by atoms with Gasteiger partial charge in [-0.25, -0.2) is 4.39 Å². The van der Waals surface area contributed by atoms with Gasteiger partial charge in [-0.2, -0.15) is 0 Å². The van der Waals surface area contributed by atoms with E-state index in [4.69, 9.17) is 0 Å². The molecular formula is C15H15FN2O2. The van der Waals surface area contributed by atoms with E-state index in [0.29, 0.717) is 5.69 Å². The number of nitro groups is 1. The van der Waals surface area contributed by atoms with Gasteiger partial charge in [0.1, 0.15) is 11.5 Å². The van der Waals surface area contributed by atoms with Crippen LogP contribution in [0.4, 0.5) is 15.8 Å². The second kappa shape index (κ2) is 5.69. The molecule has 104 valence electrons. The van der Waals surface area contributed by atoms with Gasteiger partial charge in [0.05, 0.1) is 4.92 Å². The third-order valence-corrected chi connectivity index (χ3v) is 3.07. The third-order valence-electron chi connectivity index (χ3n) is 3.07. The number of hydrogen-bond acceptors (Lipinski definition) is 3. The van der Waals surface area contributed by atoms with Gasteiger partial charge in [0.25, 0.3) is 5.69 Å². The van der Waals surface area contributed by atoms with Crippen molar-refractivity contribution in [3.63, 3.8) is 0 Å². The summed E-state index contributed by atoms with van der Waals surface area (Å²) in [5, 5.41) is 14.1. The van der Waals surface area contributed by atoms with E-state index in [1.807, 2.05) is 6.92 Å². The quantitative estimate of drug-likeness (QED) is 0.671. The van der Waals surface area contributed by atoms with Crippen molar-refractivity contribution >= 4 is 11.4 Å². The van der Waals surface area contributed by atoms with E-state index in [1.54, 1.807) is 31.2 Å². The van der Waals surface area contributed by atoms with Crippen LogP contribution in [0.15, 0.2) is 42.5 Å². The highest BCUT2D eigenvalue weighted by Crippen LogP contribution is 2.29. The molecule has 2 rings (SSSR count). The molecule has 0 aliphatic rings. The number of benzene rings is 2. The highest BCUT2D eigenvalue weighted by atomic mass is 19.1. The molecule has 2 aromatic rings. The van der Waals surface area contributed by atoms with Crippen LogP contribution in [0.5, 0.6) is 0 Å². The van der Waals surface area contributed by atoms with Crippen LogP contribution in [-0.4, -0.2) is 4.92 Å². The molecule has 0 aromatic heterocycles. The van der Waals surface area contributed by atoms with Crippen molar-refractivity contribution in [3.05, 3.63) is 69.5 Å². The Balaban J connectivity index is 2.28. The number of hydrogen-bond donors (Lipinski definition) is 1. The zero-order valence-electron chi connectivity index (χ0n) is 11.3. The molecule has 0 bridgehead atoms. The van der Waals surface area contributed by atoms with Gasteiger partial charge in [0.2, 0.25) is 0 Å². The van der Waals surface area contributed by atoms with E-state index in [2.05, 4.69) is 5.32 Å². The predicted molar refractivity (Wildman–Crippen MR) is 76.3 cm³/mol. The summed E-state index contributed by atoms with van der Waals surface area (Å²) >= 11 is 0. The first kappa shape index (κ1) is 14.0. The minimum atomic E-state index is -0.423. The molecule has 5 heteroatoms. The lowest BCUT2D eigenvalue weighted by atomic mass is 10.1. The summed E-state index contributed by atoms with van der Waals surface area (Å²) in [5.41, 5.74) is 2.01. The van der Waals surface area contributed by atoms with Crippen LogP contribution in [0.25, 0.3) is 0 Å². The van der Waals surface area contributed by atoms with Crippen molar-refractivity contribution in [3.8, 4) is 0 Å². The highest BCUT2D eigenvalue weighted by Gasteiger charge is 2.16. The number of rotatable bonds is 4. The zero-order valence-corrected chi connectivity index (χ0v) is 11.3. The topological polar surface area (TPSA) is 55.2 Å². The maximum atomic E-state index is 13.2. The number of anilines is 1. The van der Waals surface area contributed by atoms with E-state index >= 15 is 0 Å². The minimum Gasteiger partial charge on any atom is -0.373 e. The van der Waals surface area contributed by atoms with Crippen LogP contribution in [-0.2, 0) is 0 Å². The number of aryl methyl sites for hydroxylation is 1. The molecule has 0 saturated carbocycles. The summed E-state index contributed by atoms with van der Waals surface area (Å²) in [5.74, 6) is -0.324. The third kappa shape index (κ3) is 3.12. The van der Waals surface area contributed by atoms with E-state index in [9.17, 15) is 14.5 Å². The largest absolute Gasteiger partial charge is 0.373 e. The summed E-state index contributed by atoms with van der Waals surface area (Å²) in [6.07, 6.45) is 0. The van der Waals surface area contributed by atoms with Crippen molar-refractivity contribution in [2.45, 2.75) is 19.9 Å². The molecule has 0 aliphatic carbocycles. The van der Waals surface area contributed by atoms with Gasteiger partial charge >= 0.3 is 0 Å². The Hall–Kier alpha value is -2.43. The molecule has 0 heterocycles. The molecule has 0 fully saturated rings. The van der Waals surface area contributed by atoms with Crippen LogP contribution in [0.1, 0.15) is 24.1 Å². The minimum absolute atomic E-state index is 0.0215. The van der Waals surface area contributed by atoms with Gasteiger partial charge in [-0.1, -0.05) is 18.2 Å². The van der Waals surface area contributed by atoms with Crippen LogP contribution in [0.3, 0.4) is 0 Å². The van der Waals surface area contributed by atoms with Gasteiger partial charge in [0.15, 0.2) is 0 Å². The summed E-state index contributed by atoms with van der Waals surface area (Å²) in [6, 6.07) is 10.9. The SMILES string of the molecule is Cc1ccc(NC(C)c2cccc(F)c2)c([N+](=O)[O-])c1. The van der Waals surface area contributed by atoms with E-state index in [1.165, 1.54) is 18.2 Å². The lowest BCUT2D eigenvalue weighted by Gasteiger charge is -2.16. The summed E-state index contributed by atoms with van der Waals surface area (Å²) in [4.78, 5) is 10.6. The molecule has 2 aromatic carbocycles. The molecule has 1 atom stereocenters. The van der Waals surface area contributed by atoms with Crippen molar-refractivity contribution in [2.75, 3.05) is 5.32 Å². The van der Waals surface area contributed by atoms with Gasteiger partial charge in [-0.3, -0.25) is 10.1 Å². The fourth-order valence-corrected chi connectivity index (χ4v) is 2.01. The maximum absolute atomic E-state index is 13.2. The van der Waals surface area contributed by atoms with Gasteiger partial charge in [0, 0.05) is 12.1 Å². The monoisotopic (exact) mass is 274 g/mol. The Kier molecular flexibility index (Phi) is 3.98. The van der Waals surface area contributed by atoms with Crippen LogP contribution < -0.4 is 5.32 Å². The van der Waals surface area contributed by atoms with E-state index in [-0.39, 0.29) is 17.5 Å². The molecule has 4 nitrogen and oxygen atoms in total. The highest BCUT2D eigenvalue weighted by molar-refractivity contribution is 5.63. The maximum Gasteiger partial charge on any atom is 0.292 e. The molecule has 0 aliphatic heterocycles. The molecular weight excluding hydrogens is 259 g/mol. The predicted octanol–water partition coefficient (Wildman–Crippen LogP) is 4.22. The summed E-state index contributed by atoms with van der Waals surface area (Å²) < 4.78 is 13.2. The molecule has 1 N–H and O–H groups in total. The molecule has 20 heavy (non-hydrogen) atoms. The van der Waals surface area contributed by atoms with Crippen LogP contribution in [0, 0.1) is 22.9 Å². The Morgan fingerprint density at radius 2 is 2.00 bits per heavy atom. The number of halogens is 1. The smallest absolute Gasteiger partial charge is 0.292 e. The number of nitro benzene ring substituents is 1. The lowest BCUT2D eigenvalue weighted by molar-refractivity contribution is -0.384. The average Bonchev–Trinajstić information content (AvgIpc) is 2.40. The second-order valence-corrected chi connectivity index (χ2v) is 4.70. The average molecular weight is 274 g/mol. The number of nitrogens with one attached hydrogen (secondary N) is 1. The Bertz CT molecular complexity index is 644. The van der Waals surface area contributed by atoms with Crippen molar-refractivity contribution in [1.29, 1.82) is 0 Å². The van der Waals surface area contributed by atoms with Crippen molar-refractivity contribution in [2.24, 2.45) is 0 Å². The van der Waals surface area contributed by atoms with Gasteiger partial charge in [-0.15, -0.1) is 0 Å². The Labute approximate surface area is 116 Å². The fourth-order valence-electron chi connectivity index (χ4n) is 2.01. The molecule has 1 unspecified atom stereocenters. The first-order valence-corrected chi connectivity index (χ1v) is 6.24. The zero-order chi connectivity index (χ0) is 14.7. The van der Waals surface area contributed by atoms with Crippen LogP contribution >= 0.6 is 0 Å². The second-order valence-electron chi connectivity index (χ2n) is 4.70. The normalized spacial score (nSPS) is 11.9. The summed E-state index contributed by atoms with van der Waals surface area (Å²) in [6.45, 7) is 3.63. The van der Waals surface area contributed by atoms with Crippen molar-refractivity contribution in [1.82, 2.24) is 0 Å².